The molecule has 1 atom stereocenters. The number of rotatable bonds is 1. The summed E-state index contributed by atoms with van der Waals surface area (Å²) >= 11 is 0. The van der Waals surface area contributed by atoms with Crippen LogP contribution in [0.2, 0.25) is 0 Å². The predicted molar refractivity (Wildman–Crippen MR) is 54.9 cm³/mol. The van der Waals surface area contributed by atoms with Crippen LogP contribution in [-0.2, 0) is 9.53 Å². The lowest BCUT2D eigenvalue weighted by Crippen LogP contribution is -2.33. The van der Waals surface area contributed by atoms with Crippen molar-refractivity contribution in [3.63, 3.8) is 0 Å². The van der Waals surface area contributed by atoms with E-state index in [-0.39, 0.29) is 12.6 Å². The van der Waals surface area contributed by atoms with Crippen molar-refractivity contribution in [1.29, 1.82) is 0 Å². The van der Waals surface area contributed by atoms with Gasteiger partial charge in [0.1, 0.15) is 0 Å². The van der Waals surface area contributed by atoms with Gasteiger partial charge in [0.05, 0.1) is 7.11 Å². The van der Waals surface area contributed by atoms with Gasteiger partial charge in [0.15, 0.2) is 0 Å². The third-order valence-electron chi connectivity index (χ3n) is 1.81. The Hall–Kier alpha value is -0.870. The largest absolute Gasteiger partial charge is 0.466 e. The Balaban J connectivity index is 0.000000500. The summed E-state index contributed by atoms with van der Waals surface area (Å²) < 4.78 is 4.58. The molecular weight excluding hydrogens is 182 g/mol. The number of aliphatic hydroxyl groups is 1. The minimum atomic E-state index is -0.218. The van der Waals surface area contributed by atoms with Crippen molar-refractivity contribution in [2.24, 2.45) is 0 Å². The number of ether oxygens (including phenoxy) is 1. The maximum absolute atomic E-state index is 10.9. The van der Waals surface area contributed by atoms with Gasteiger partial charge in [-0.25, -0.2) is 4.79 Å². The first-order valence-corrected chi connectivity index (χ1v) is 4.77. The highest BCUT2D eigenvalue weighted by Crippen LogP contribution is 2.06. The minimum absolute atomic E-state index is 0.218. The van der Waals surface area contributed by atoms with Crippen LogP contribution in [0.3, 0.4) is 0 Å². The summed E-state index contributed by atoms with van der Waals surface area (Å²) in [6, 6.07) is 0.475. The maximum atomic E-state index is 10.9. The molecule has 0 aromatic rings. The van der Waals surface area contributed by atoms with E-state index >= 15 is 0 Å². The number of hydrogen-bond donors (Lipinski definition) is 2. The molecule has 0 aromatic carbocycles. The average molecular weight is 201 g/mol. The second-order valence-corrected chi connectivity index (χ2v) is 3.05. The van der Waals surface area contributed by atoms with Gasteiger partial charge in [0.25, 0.3) is 0 Å². The Labute approximate surface area is 85.0 Å². The molecule has 0 aromatic heterocycles. The van der Waals surface area contributed by atoms with E-state index in [0.29, 0.717) is 12.6 Å². The van der Waals surface area contributed by atoms with Gasteiger partial charge < -0.3 is 15.2 Å². The molecule has 4 nitrogen and oxygen atoms in total. The number of aliphatic hydroxyl groups excluding tert-OH is 1. The lowest BCUT2D eigenvalue weighted by atomic mass is 10.1. The molecule has 82 valence electrons. The molecule has 2 N–H and O–H groups in total. The van der Waals surface area contributed by atoms with Gasteiger partial charge in [-0.3, -0.25) is 0 Å². The molecule has 0 saturated carbocycles. The van der Waals surface area contributed by atoms with Crippen molar-refractivity contribution < 1.29 is 14.6 Å². The van der Waals surface area contributed by atoms with Crippen LogP contribution in [0.1, 0.15) is 20.3 Å². The summed E-state index contributed by atoms with van der Waals surface area (Å²) in [6.07, 6.45) is 2.84. The van der Waals surface area contributed by atoms with Crippen LogP contribution in [0.4, 0.5) is 0 Å². The van der Waals surface area contributed by atoms with Crippen LogP contribution in [0.5, 0.6) is 0 Å². The van der Waals surface area contributed by atoms with Crippen molar-refractivity contribution >= 4 is 5.97 Å². The van der Waals surface area contributed by atoms with E-state index in [0.717, 1.165) is 12.0 Å². The van der Waals surface area contributed by atoms with Gasteiger partial charge in [-0.1, -0.05) is 6.08 Å². The summed E-state index contributed by atoms with van der Waals surface area (Å²) in [4.78, 5) is 10.9. The first-order valence-electron chi connectivity index (χ1n) is 4.77. The second-order valence-electron chi connectivity index (χ2n) is 3.05. The van der Waals surface area contributed by atoms with Crippen molar-refractivity contribution in [3.8, 4) is 0 Å². The number of nitrogens with one attached hydrogen (secondary N) is 1. The molecule has 0 aliphatic carbocycles. The SMILES string of the molecule is CCO.COC(=O)C1=CCC(C)NC1. The molecule has 0 spiro atoms. The van der Waals surface area contributed by atoms with Gasteiger partial charge >= 0.3 is 5.97 Å². The molecule has 0 bridgehead atoms. The molecule has 1 rings (SSSR count). The summed E-state index contributed by atoms with van der Waals surface area (Å²) in [5, 5.41) is 10.7. The van der Waals surface area contributed by atoms with Gasteiger partial charge in [0, 0.05) is 24.8 Å². The number of methoxy groups -OCH3 is 1. The molecule has 14 heavy (non-hydrogen) atoms. The van der Waals surface area contributed by atoms with E-state index < -0.39 is 0 Å². The monoisotopic (exact) mass is 201 g/mol. The third-order valence-corrected chi connectivity index (χ3v) is 1.81. The first-order chi connectivity index (χ1) is 6.65. The van der Waals surface area contributed by atoms with Crippen molar-refractivity contribution in [2.75, 3.05) is 20.3 Å². The lowest BCUT2D eigenvalue weighted by Gasteiger charge is -2.18. The van der Waals surface area contributed by atoms with Crippen molar-refractivity contribution in [1.82, 2.24) is 5.32 Å². The Morgan fingerprint density at radius 3 is 2.71 bits per heavy atom. The van der Waals surface area contributed by atoms with E-state index in [4.69, 9.17) is 5.11 Å². The smallest absolute Gasteiger partial charge is 0.334 e. The van der Waals surface area contributed by atoms with E-state index in [2.05, 4.69) is 17.0 Å². The number of carbonyl (C=O) groups excluding carboxylic acids is 1. The van der Waals surface area contributed by atoms with E-state index in [9.17, 15) is 4.79 Å². The van der Waals surface area contributed by atoms with Crippen LogP contribution in [0.25, 0.3) is 0 Å². The van der Waals surface area contributed by atoms with Crippen LogP contribution in [0, 0.1) is 0 Å². The van der Waals surface area contributed by atoms with E-state index in [1.54, 1.807) is 6.92 Å². The number of carbonyl (C=O) groups is 1. The molecule has 1 aliphatic rings. The minimum Gasteiger partial charge on any atom is -0.466 e. The van der Waals surface area contributed by atoms with Crippen LogP contribution >= 0.6 is 0 Å². The summed E-state index contributed by atoms with van der Waals surface area (Å²) in [6.45, 7) is 4.65. The van der Waals surface area contributed by atoms with Crippen molar-refractivity contribution in [3.05, 3.63) is 11.6 Å². The van der Waals surface area contributed by atoms with Gasteiger partial charge in [-0.2, -0.15) is 0 Å². The quantitative estimate of drug-likeness (QED) is 0.605. The highest BCUT2D eigenvalue weighted by Gasteiger charge is 2.14. The molecule has 1 unspecified atom stereocenters. The zero-order valence-corrected chi connectivity index (χ0v) is 9.04. The van der Waals surface area contributed by atoms with Crippen LogP contribution in [0.15, 0.2) is 11.6 Å². The molecule has 4 heteroatoms. The van der Waals surface area contributed by atoms with Gasteiger partial charge in [-0.15, -0.1) is 0 Å². The van der Waals surface area contributed by atoms with E-state index in [1.807, 2.05) is 6.08 Å². The van der Waals surface area contributed by atoms with Gasteiger partial charge in [0.2, 0.25) is 0 Å². The maximum Gasteiger partial charge on any atom is 0.334 e. The Kier molecular flexibility index (Phi) is 7.06. The fourth-order valence-electron chi connectivity index (χ4n) is 1.05. The molecule has 0 amide bonds. The van der Waals surface area contributed by atoms with Crippen LogP contribution < -0.4 is 5.32 Å². The zero-order valence-electron chi connectivity index (χ0n) is 9.04. The highest BCUT2D eigenvalue weighted by molar-refractivity contribution is 5.88. The summed E-state index contributed by atoms with van der Waals surface area (Å²) in [7, 11) is 1.40. The fraction of sp³-hybridized carbons (Fsp3) is 0.700. The average Bonchev–Trinajstić information content (AvgIpc) is 2.19. The van der Waals surface area contributed by atoms with Gasteiger partial charge in [-0.05, 0) is 20.3 Å². The Morgan fingerprint density at radius 2 is 2.36 bits per heavy atom. The highest BCUT2D eigenvalue weighted by atomic mass is 16.5. The predicted octanol–water partition coefficient (Wildman–Crippen LogP) is 0.466. The summed E-state index contributed by atoms with van der Waals surface area (Å²) in [5.74, 6) is -0.218. The standard InChI is InChI=1S/C8H13NO2.C2H6O/c1-6-3-4-7(5-9-6)8(10)11-2;1-2-3/h4,6,9H,3,5H2,1-2H3;3H,2H2,1H3. The van der Waals surface area contributed by atoms with Crippen LogP contribution in [-0.4, -0.2) is 37.4 Å². The Morgan fingerprint density at radius 1 is 1.79 bits per heavy atom. The molecular formula is C10H19NO3. The molecule has 0 radical (unpaired) electrons. The zero-order chi connectivity index (χ0) is 11.0. The lowest BCUT2D eigenvalue weighted by molar-refractivity contribution is -0.136. The third kappa shape index (κ3) is 4.99. The molecule has 0 saturated heterocycles. The fourth-order valence-corrected chi connectivity index (χ4v) is 1.05. The normalized spacial score (nSPS) is 20.3. The first kappa shape index (κ1) is 13.1. The molecule has 1 heterocycles. The molecule has 1 aliphatic heterocycles. The Bertz CT molecular complexity index is 202. The topological polar surface area (TPSA) is 58.6 Å². The van der Waals surface area contributed by atoms with E-state index in [1.165, 1.54) is 7.11 Å². The van der Waals surface area contributed by atoms with Crippen molar-refractivity contribution in [2.45, 2.75) is 26.3 Å². The second kappa shape index (κ2) is 7.53. The summed E-state index contributed by atoms with van der Waals surface area (Å²) in [5.41, 5.74) is 0.741. The number of esters is 1. The number of hydrogen-bond acceptors (Lipinski definition) is 4. The molecule has 0 fully saturated rings.